The van der Waals surface area contributed by atoms with Crippen LogP contribution in [0.5, 0.6) is 0 Å². The van der Waals surface area contributed by atoms with Crippen LogP contribution in [0.2, 0.25) is 0 Å². The highest BCUT2D eigenvalue weighted by Gasteiger charge is 2.19. The molecule has 0 atom stereocenters. The summed E-state index contributed by atoms with van der Waals surface area (Å²) in [5.41, 5.74) is 5.68. The number of rotatable bonds is 4. The number of anilines is 2. The van der Waals surface area contributed by atoms with Gasteiger partial charge in [-0.2, -0.15) is 5.10 Å². The van der Waals surface area contributed by atoms with Crippen molar-refractivity contribution >= 4 is 39.7 Å². The fraction of sp³-hybridized carbons (Fsp3) is 0.130. The molecule has 0 bridgehead atoms. The molecule has 5 rings (SSSR count). The first-order valence-electron chi connectivity index (χ1n) is 9.66. The van der Waals surface area contributed by atoms with Crippen molar-refractivity contribution in [1.82, 2.24) is 24.7 Å². The van der Waals surface area contributed by atoms with Crippen LogP contribution in [0.3, 0.4) is 0 Å². The van der Waals surface area contributed by atoms with Crippen LogP contribution >= 0.6 is 0 Å². The van der Waals surface area contributed by atoms with Gasteiger partial charge in [-0.1, -0.05) is 18.2 Å². The highest BCUT2D eigenvalue weighted by Crippen LogP contribution is 2.35. The minimum atomic E-state index is 0.581. The molecule has 4 heterocycles. The number of nitrogens with one attached hydrogen (secondary N) is 1. The highest BCUT2D eigenvalue weighted by molar-refractivity contribution is 6.03. The summed E-state index contributed by atoms with van der Waals surface area (Å²) < 4.78 is 1.87. The number of aromatic amines is 1. The van der Waals surface area contributed by atoms with Crippen LogP contribution in [-0.2, 0) is 7.05 Å². The van der Waals surface area contributed by atoms with Crippen molar-refractivity contribution in [2.24, 2.45) is 7.05 Å². The first-order chi connectivity index (χ1) is 15.2. The van der Waals surface area contributed by atoms with Gasteiger partial charge in [-0.15, -0.1) is 0 Å². The number of fused-ring (bicyclic) bond motifs is 2. The molecule has 0 fully saturated rings. The van der Waals surface area contributed by atoms with Crippen LogP contribution in [0.25, 0.3) is 33.3 Å². The van der Waals surface area contributed by atoms with Crippen LogP contribution in [0.4, 0.5) is 11.5 Å². The van der Waals surface area contributed by atoms with E-state index >= 15 is 0 Å². The number of hydrogen-bond donors (Lipinski definition) is 2. The van der Waals surface area contributed by atoms with Gasteiger partial charge in [0, 0.05) is 44.5 Å². The number of para-hydroxylation sites is 1. The Balaban J connectivity index is 0.00000112. The van der Waals surface area contributed by atoms with Crippen LogP contribution in [0, 0.1) is 0 Å². The van der Waals surface area contributed by atoms with Gasteiger partial charge in [0.05, 0.1) is 27.9 Å². The summed E-state index contributed by atoms with van der Waals surface area (Å²) in [6.45, 7) is 0. The first kappa shape index (κ1) is 20.2. The second kappa shape index (κ2) is 8.37. The van der Waals surface area contributed by atoms with E-state index in [2.05, 4.69) is 21.0 Å². The van der Waals surface area contributed by atoms with Gasteiger partial charge in [0.1, 0.15) is 11.5 Å². The molecular formula is C23H22N6O2. The molecule has 0 aliphatic rings. The Morgan fingerprint density at radius 1 is 1.06 bits per heavy atom. The number of nitrogens with zero attached hydrogens (tertiary/aromatic N) is 5. The van der Waals surface area contributed by atoms with E-state index in [0.717, 1.165) is 58.2 Å². The fourth-order valence-electron chi connectivity index (χ4n) is 3.73. The molecule has 0 saturated carbocycles. The number of aromatic nitrogens is 5. The van der Waals surface area contributed by atoms with Crippen LogP contribution in [0.15, 0.2) is 60.9 Å². The number of aldehydes is 1. The Hall–Kier alpha value is -4.04. The average Bonchev–Trinajstić information content (AvgIpc) is 3.41. The molecule has 0 amide bonds. The summed E-state index contributed by atoms with van der Waals surface area (Å²) in [5, 5.41) is 12.8. The van der Waals surface area contributed by atoms with E-state index in [4.69, 9.17) is 10.2 Å². The van der Waals surface area contributed by atoms with Crippen molar-refractivity contribution in [3.05, 3.63) is 66.5 Å². The maximum absolute atomic E-state index is 11.4. The van der Waals surface area contributed by atoms with E-state index in [-0.39, 0.29) is 0 Å². The molecule has 5 aromatic rings. The molecule has 0 saturated heterocycles. The van der Waals surface area contributed by atoms with Gasteiger partial charge >= 0.3 is 0 Å². The lowest BCUT2D eigenvalue weighted by Crippen LogP contribution is -2.12. The topological polar surface area (TPSA) is 99.9 Å². The van der Waals surface area contributed by atoms with Crippen LogP contribution in [-0.4, -0.2) is 50.3 Å². The fourth-order valence-corrected chi connectivity index (χ4v) is 3.73. The average molecular weight is 414 g/mol. The summed E-state index contributed by atoms with van der Waals surface area (Å²) in [4.78, 5) is 25.5. The van der Waals surface area contributed by atoms with Crippen molar-refractivity contribution in [2.45, 2.75) is 0 Å². The molecule has 0 aliphatic heterocycles. The number of H-pyrrole nitrogens is 1. The summed E-state index contributed by atoms with van der Waals surface area (Å²) >= 11 is 0. The zero-order valence-electron chi connectivity index (χ0n) is 17.4. The molecule has 0 spiro atoms. The molecule has 2 N–H and O–H groups in total. The second-order valence-corrected chi connectivity index (χ2v) is 6.85. The molecule has 156 valence electrons. The smallest absolute Gasteiger partial charge is 0.152 e. The van der Waals surface area contributed by atoms with Crippen molar-refractivity contribution in [3.63, 3.8) is 0 Å². The minimum absolute atomic E-state index is 0.581. The van der Waals surface area contributed by atoms with E-state index in [9.17, 15) is 4.79 Å². The Labute approximate surface area is 178 Å². The maximum Gasteiger partial charge on any atom is 0.152 e. The summed E-state index contributed by atoms with van der Waals surface area (Å²) in [6, 6.07) is 15.6. The number of benzene rings is 1. The van der Waals surface area contributed by atoms with Gasteiger partial charge in [0.15, 0.2) is 6.29 Å². The third-order valence-corrected chi connectivity index (χ3v) is 5.13. The Morgan fingerprint density at radius 3 is 2.65 bits per heavy atom. The molecule has 8 nitrogen and oxygen atoms in total. The number of aliphatic hydroxyl groups excluding tert-OH is 1. The van der Waals surface area contributed by atoms with E-state index in [1.54, 1.807) is 18.5 Å². The molecule has 0 radical (unpaired) electrons. The minimum Gasteiger partial charge on any atom is -0.400 e. The summed E-state index contributed by atoms with van der Waals surface area (Å²) in [5.74, 6) is 0.855. The first-order valence-corrected chi connectivity index (χ1v) is 9.66. The largest absolute Gasteiger partial charge is 0.400 e. The van der Waals surface area contributed by atoms with Gasteiger partial charge in [0.25, 0.3) is 0 Å². The van der Waals surface area contributed by atoms with Gasteiger partial charge in [-0.25, -0.2) is 4.98 Å². The predicted molar refractivity (Wildman–Crippen MR) is 122 cm³/mol. The Kier molecular flexibility index (Phi) is 5.46. The van der Waals surface area contributed by atoms with Crippen molar-refractivity contribution in [3.8, 4) is 11.4 Å². The molecule has 1 aromatic carbocycles. The third-order valence-electron chi connectivity index (χ3n) is 5.13. The zero-order valence-corrected chi connectivity index (χ0v) is 17.4. The van der Waals surface area contributed by atoms with Gasteiger partial charge in [-0.05, 0) is 30.3 Å². The van der Waals surface area contributed by atoms with E-state index in [1.807, 2.05) is 60.1 Å². The van der Waals surface area contributed by atoms with E-state index in [0.29, 0.717) is 5.56 Å². The lowest BCUT2D eigenvalue weighted by molar-refractivity contribution is 0.112. The maximum atomic E-state index is 11.4. The van der Waals surface area contributed by atoms with Gasteiger partial charge in [-0.3, -0.25) is 14.5 Å². The monoisotopic (exact) mass is 414 g/mol. The van der Waals surface area contributed by atoms with E-state index < -0.39 is 0 Å². The number of pyridine rings is 2. The number of hydrogen-bond acceptors (Lipinski definition) is 6. The van der Waals surface area contributed by atoms with Gasteiger partial charge < -0.3 is 15.0 Å². The highest BCUT2D eigenvalue weighted by atomic mass is 16.2. The Bertz CT molecular complexity index is 1360. The molecular weight excluding hydrogens is 392 g/mol. The standard InChI is InChI=1S/C22H18N6O.CH4O/c1-27(19-8-3-4-10-24-19)18-7-5-6-15-21(26-28(2)22(15)18)17-12-16-20(25-17)14(13-29)9-11-23-16;1-2/h3-13,25H,1-2H3;2H,1H3. The van der Waals surface area contributed by atoms with Gasteiger partial charge in [0.2, 0.25) is 0 Å². The van der Waals surface area contributed by atoms with E-state index in [1.165, 1.54) is 0 Å². The van der Waals surface area contributed by atoms with Crippen molar-refractivity contribution < 1.29 is 9.90 Å². The number of aliphatic hydroxyl groups is 1. The SMILES string of the molecule is CN(c1ccccn1)c1cccc2c(-c3cc4nccc(C=O)c4[nH]3)nn(C)c12.CO. The number of carbonyl (C=O) groups excluding carboxylic acids is 1. The lowest BCUT2D eigenvalue weighted by atomic mass is 10.1. The van der Waals surface area contributed by atoms with Crippen LogP contribution < -0.4 is 4.90 Å². The number of aryl methyl sites for hydroxylation is 1. The Morgan fingerprint density at radius 2 is 1.90 bits per heavy atom. The molecule has 4 aromatic heterocycles. The van der Waals surface area contributed by atoms with Crippen molar-refractivity contribution in [2.75, 3.05) is 19.1 Å². The molecule has 8 heteroatoms. The quantitative estimate of drug-likeness (QED) is 0.435. The third kappa shape index (κ3) is 3.43. The second-order valence-electron chi connectivity index (χ2n) is 6.85. The summed E-state index contributed by atoms with van der Waals surface area (Å²) in [6.07, 6.45) is 4.25. The summed E-state index contributed by atoms with van der Waals surface area (Å²) in [7, 11) is 4.92. The van der Waals surface area contributed by atoms with Crippen molar-refractivity contribution in [1.29, 1.82) is 0 Å². The van der Waals surface area contributed by atoms with Crippen LogP contribution in [0.1, 0.15) is 10.4 Å². The number of carbonyl (C=O) groups is 1. The molecule has 0 unspecified atom stereocenters. The normalized spacial score (nSPS) is 10.7. The predicted octanol–water partition coefficient (Wildman–Crippen LogP) is 3.70. The molecule has 31 heavy (non-hydrogen) atoms. The molecule has 0 aliphatic carbocycles. The zero-order chi connectivity index (χ0) is 22.0. The lowest BCUT2D eigenvalue weighted by Gasteiger charge is -2.19.